The zero-order valence-corrected chi connectivity index (χ0v) is 6.77. The molecule has 0 spiro atoms. The summed E-state index contributed by atoms with van der Waals surface area (Å²) in [4.78, 5) is 26.3. The number of nitrogens with two attached hydrogens (primary N) is 1. The molecule has 1 atom stereocenters. The highest BCUT2D eigenvalue weighted by Gasteiger charge is 2.51. The van der Waals surface area contributed by atoms with Gasteiger partial charge in [0.25, 0.3) is 5.72 Å². The first-order valence-corrected chi connectivity index (χ1v) is 3.66. The molecule has 7 heteroatoms. The number of nitrogens with zero attached hydrogens (tertiary/aromatic N) is 1. The third-order valence-corrected chi connectivity index (χ3v) is 2.09. The van der Waals surface area contributed by atoms with Crippen LogP contribution in [0.15, 0.2) is 0 Å². The van der Waals surface area contributed by atoms with Crippen molar-refractivity contribution < 1.29 is 24.6 Å². The lowest BCUT2D eigenvalue weighted by Gasteiger charge is -2.29. The fraction of sp³-hybridized carbons (Fsp3) is 0.667. The number of likely N-dealkylation sites (tertiary alicyclic amines) is 1. The van der Waals surface area contributed by atoms with E-state index in [-0.39, 0.29) is 13.0 Å². The van der Waals surface area contributed by atoms with Crippen LogP contribution in [-0.4, -0.2) is 39.4 Å². The van der Waals surface area contributed by atoms with E-state index in [4.69, 9.17) is 16.1 Å². The van der Waals surface area contributed by atoms with Crippen molar-refractivity contribution in [2.24, 2.45) is 5.90 Å². The third-order valence-electron chi connectivity index (χ3n) is 2.09. The van der Waals surface area contributed by atoms with E-state index >= 15 is 0 Å². The second-order valence-electron chi connectivity index (χ2n) is 2.75. The molecule has 7 nitrogen and oxygen atoms in total. The van der Waals surface area contributed by atoms with E-state index in [1.54, 1.807) is 0 Å². The van der Waals surface area contributed by atoms with Gasteiger partial charge in [0.1, 0.15) is 0 Å². The Morgan fingerprint density at radius 1 is 1.46 bits per heavy atom. The number of hydrogen-bond acceptors (Lipinski definition) is 4. The number of carboxylic acids is 1. The maximum Gasteiger partial charge on any atom is 0.410 e. The van der Waals surface area contributed by atoms with Gasteiger partial charge in [0.15, 0.2) is 0 Å². The van der Waals surface area contributed by atoms with Gasteiger partial charge in [0.2, 0.25) is 0 Å². The SMILES string of the molecule is NOC1(C(=O)O)CCCN1C(=O)O. The summed E-state index contributed by atoms with van der Waals surface area (Å²) < 4.78 is 0. The Kier molecular flexibility index (Phi) is 2.39. The molecule has 13 heavy (non-hydrogen) atoms. The summed E-state index contributed by atoms with van der Waals surface area (Å²) in [5, 5.41) is 17.4. The van der Waals surface area contributed by atoms with Crippen LogP contribution >= 0.6 is 0 Å². The van der Waals surface area contributed by atoms with Crippen molar-refractivity contribution in [1.29, 1.82) is 0 Å². The molecule has 74 valence electrons. The lowest BCUT2D eigenvalue weighted by Crippen LogP contribution is -2.56. The number of hydrogen-bond donors (Lipinski definition) is 3. The van der Waals surface area contributed by atoms with Crippen molar-refractivity contribution in [3.8, 4) is 0 Å². The van der Waals surface area contributed by atoms with Gasteiger partial charge < -0.3 is 10.2 Å². The molecule has 1 amide bonds. The Morgan fingerprint density at radius 2 is 2.08 bits per heavy atom. The quantitative estimate of drug-likeness (QED) is 0.502. The fourth-order valence-corrected chi connectivity index (χ4v) is 1.44. The van der Waals surface area contributed by atoms with Crippen LogP contribution in [0.25, 0.3) is 0 Å². The van der Waals surface area contributed by atoms with Gasteiger partial charge in [-0.3, -0.25) is 9.74 Å². The van der Waals surface area contributed by atoms with Crippen molar-refractivity contribution in [2.75, 3.05) is 6.54 Å². The molecule has 0 radical (unpaired) electrons. The molecule has 4 N–H and O–H groups in total. The second kappa shape index (κ2) is 3.19. The van der Waals surface area contributed by atoms with Gasteiger partial charge in [-0.2, -0.15) is 0 Å². The topological polar surface area (TPSA) is 113 Å². The van der Waals surface area contributed by atoms with Crippen molar-refractivity contribution >= 4 is 12.1 Å². The minimum absolute atomic E-state index is 0.0745. The smallest absolute Gasteiger partial charge is 0.410 e. The number of aliphatic carboxylic acids is 1. The van der Waals surface area contributed by atoms with Crippen LogP contribution < -0.4 is 5.90 Å². The summed E-state index contributed by atoms with van der Waals surface area (Å²) in [5.41, 5.74) is -1.90. The molecule has 1 unspecified atom stereocenters. The summed E-state index contributed by atoms with van der Waals surface area (Å²) in [6.07, 6.45) is -0.841. The maximum atomic E-state index is 10.8. The van der Waals surface area contributed by atoms with Crippen LogP contribution in [0, 0.1) is 0 Å². The van der Waals surface area contributed by atoms with Gasteiger partial charge in [-0.1, -0.05) is 0 Å². The average molecular weight is 190 g/mol. The van der Waals surface area contributed by atoms with Gasteiger partial charge in [-0.25, -0.2) is 15.5 Å². The Balaban J connectivity index is 2.96. The minimum atomic E-state index is -1.90. The predicted molar refractivity (Wildman–Crippen MR) is 39.6 cm³/mol. The minimum Gasteiger partial charge on any atom is -0.478 e. The van der Waals surface area contributed by atoms with E-state index in [1.165, 1.54) is 0 Å². The highest BCUT2D eigenvalue weighted by Crippen LogP contribution is 2.29. The Labute approximate surface area is 73.6 Å². The highest BCUT2D eigenvalue weighted by atomic mass is 16.7. The summed E-state index contributed by atoms with van der Waals surface area (Å²) in [5.74, 6) is 3.43. The van der Waals surface area contributed by atoms with E-state index in [9.17, 15) is 9.59 Å². The molecule has 0 bridgehead atoms. The van der Waals surface area contributed by atoms with Crippen LogP contribution in [-0.2, 0) is 9.63 Å². The lowest BCUT2D eigenvalue weighted by molar-refractivity contribution is -0.186. The van der Waals surface area contributed by atoms with Gasteiger partial charge in [-0.05, 0) is 6.42 Å². The molecule has 1 aliphatic rings. The molecular weight excluding hydrogens is 180 g/mol. The van der Waals surface area contributed by atoms with Gasteiger partial charge in [-0.15, -0.1) is 0 Å². The molecule has 0 aromatic rings. The molecule has 1 fully saturated rings. The molecule has 1 saturated heterocycles. The van der Waals surface area contributed by atoms with Gasteiger partial charge in [0.05, 0.1) is 0 Å². The number of carbonyl (C=O) groups is 2. The first kappa shape index (κ1) is 9.75. The predicted octanol–water partition coefficient (Wildman–Crippen LogP) is -0.569. The zero-order chi connectivity index (χ0) is 10.1. The summed E-state index contributed by atoms with van der Waals surface area (Å²) in [6, 6.07) is 0. The van der Waals surface area contributed by atoms with Crippen molar-refractivity contribution in [3.05, 3.63) is 0 Å². The van der Waals surface area contributed by atoms with E-state index in [0.29, 0.717) is 11.3 Å². The Bertz CT molecular complexity index is 243. The van der Waals surface area contributed by atoms with Crippen molar-refractivity contribution in [3.63, 3.8) is 0 Å². The summed E-state index contributed by atoms with van der Waals surface area (Å²) >= 11 is 0. The number of amides is 1. The Morgan fingerprint density at radius 3 is 2.38 bits per heavy atom. The van der Waals surface area contributed by atoms with Gasteiger partial charge >= 0.3 is 12.1 Å². The number of rotatable bonds is 2. The van der Waals surface area contributed by atoms with Crippen LogP contribution in [0.4, 0.5) is 4.79 Å². The first-order chi connectivity index (χ1) is 6.04. The molecule has 0 aliphatic carbocycles. The maximum absolute atomic E-state index is 10.8. The van der Waals surface area contributed by atoms with E-state index in [1.807, 2.05) is 0 Å². The summed E-state index contributed by atoms with van der Waals surface area (Å²) in [6.45, 7) is 0.124. The van der Waals surface area contributed by atoms with Crippen LogP contribution in [0.1, 0.15) is 12.8 Å². The highest BCUT2D eigenvalue weighted by molar-refractivity contribution is 5.82. The lowest BCUT2D eigenvalue weighted by atomic mass is 10.1. The molecule has 0 saturated carbocycles. The Hall–Kier alpha value is -1.34. The average Bonchev–Trinajstić information content (AvgIpc) is 2.48. The molecule has 1 rings (SSSR count). The van der Waals surface area contributed by atoms with E-state index < -0.39 is 17.8 Å². The standard InChI is InChI=1S/C6H10N2O5/c7-13-6(4(9)10)2-1-3-8(6)5(11)12/h1-3,7H2,(H,9,10)(H,11,12). The monoisotopic (exact) mass is 190 g/mol. The fourth-order valence-electron chi connectivity index (χ4n) is 1.44. The summed E-state index contributed by atoms with van der Waals surface area (Å²) in [7, 11) is 0. The van der Waals surface area contributed by atoms with E-state index in [0.717, 1.165) is 0 Å². The molecule has 1 heterocycles. The largest absolute Gasteiger partial charge is 0.478 e. The van der Waals surface area contributed by atoms with Gasteiger partial charge in [0, 0.05) is 13.0 Å². The molecule has 1 aliphatic heterocycles. The third kappa shape index (κ3) is 1.31. The normalized spacial score (nSPS) is 27.6. The van der Waals surface area contributed by atoms with Crippen molar-refractivity contribution in [2.45, 2.75) is 18.6 Å². The van der Waals surface area contributed by atoms with Crippen LogP contribution in [0.2, 0.25) is 0 Å². The second-order valence-corrected chi connectivity index (χ2v) is 2.75. The van der Waals surface area contributed by atoms with E-state index in [2.05, 4.69) is 4.84 Å². The van der Waals surface area contributed by atoms with Crippen LogP contribution in [0.3, 0.4) is 0 Å². The molecular formula is C6H10N2O5. The van der Waals surface area contributed by atoms with Crippen molar-refractivity contribution in [1.82, 2.24) is 4.90 Å². The molecule has 0 aromatic carbocycles. The van der Waals surface area contributed by atoms with Crippen LogP contribution in [0.5, 0.6) is 0 Å². The first-order valence-electron chi connectivity index (χ1n) is 3.66. The number of carboxylic acid groups (broad SMARTS) is 2. The zero-order valence-electron chi connectivity index (χ0n) is 6.77. The molecule has 0 aromatic heterocycles.